The lowest BCUT2D eigenvalue weighted by molar-refractivity contribution is -0.121. The zero-order chi connectivity index (χ0) is 13.1. The molecule has 1 aliphatic heterocycles. The van der Waals surface area contributed by atoms with Crippen LogP contribution in [0.2, 0.25) is 0 Å². The van der Waals surface area contributed by atoms with Gasteiger partial charge in [-0.05, 0) is 18.6 Å². The van der Waals surface area contributed by atoms with Crippen LogP contribution in [0.15, 0.2) is 18.3 Å². The molecule has 0 bridgehead atoms. The molecular weight excluding hydrogens is 232 g/mol. The van der Waals surface area contributed by atoms with Crippen molar-refractivity contribution in [3.05, 3.63) is 29.6 Å². The summed E-state index contributed by atoms with van der Waals surface area (Å²) < 4.78 is 0. The molecule has 2 rings (SSSR count). The highest BCUT2D eigenvalue weighted by Gasteiger charge is 2.30. The van der Waals surface area contributed by atoms with Crippen LogP contribution in [0.25, 0.3) is 0 Å². The second-order valence-corrected chi connectivity index (χ2v) is 4.38. The molecular formula is C12H16N4O2. The van der Waals surface area contributed by atoms with Crippen LogP contribution < -0.4 is 11.5 Å². The van der Waals surface area contributed by atoms with E-state index in [1.807, 2.05) is 0 Å². The maximum Gasteiger partial charge on any atom is 0.253 e. The second-order valence-electron chi connectivity index (χ2n) is 4.38. The maximum absolute atomic E-state index is 12.2. The van der Waals surface area contributed by atoms with Gasteiger partial charge in [0, 0.05) is 31.4 Å². The van der Waals surface area contributed by atoms with Gasteiger partial charge in [-0.2, -0.15) is 0 Å². The van der Waals surface area contributed by atoms with Gasteiger partial charge in [0.15, 0.2) is 0 Å². The Morgan fingerprint density at radius 2 is 2.28 bits per heavy atom. The lowest BCUT2D eigenvalue weighted by Crippen LogP contribution is -2.31. The number of nitrogens with zero attached hydrogens (tertiary/aromatic N) is 2. The minimum Gasteiger partial charge on any atom is -0.369 e. The van der Waals surface area contributed by atoms with Crippen LogP contribution >= 0.6 is 0 Å². The number of nitrogens with two attached hydrogens (primary N) is 2. The molecule has 1 unspecified atom stereocenters. The molecule has 96 valence electrons. The Bertz CT molecular complexity index is 475. The summed E-state index contributed by atoms with van der Waals surface area (Å²) in [5, 5.41) is 0. The summed E-state index contributed by atoms with van der Waals surface area (Å²) >= 11 is 0. The van der Waals surface area contributed by atoms with E-state index in [0.29, 0.717) is 37.3 Å². The molecule has 1 aromatic rings. The van der Waals surface area contributed by atoms with Crippen molar-refractivity contribution in [3.8, 4) is 0 Å². The highest BCUT2D eigenvalue weighted by molar-refractivity contribution is 5.95. The number of amides is 2. The molecule has 1 fully saturated rings. The van der Waals surface area contributed by atoms with Gasteiger partial charge in [-0.1, -0.05) is 0 Å². The predicted octanol–water partition coefficient (Wildman–Crippen LogP) is -0.512. The predicted molar refractivity (Wildman–Crippen MR) is 65.3 cm³/mol. The molecule has 1 aliphatic rings. The van der Waals surface area contributed by atoms with E-state index in [9.17, 15) is 9.59 Å². The van der Waals surface area contributed by atoms with Crippen molar-refractivity contribution in [3.63, 3.8) is 0 Å². The molecule has 1 atom stereocenters. The van der Waals surface area contributed by atoms with Gasteiger partial charge in [0.25, 0.3) is 5.91 Å². The molecule has 2 amide bonds. The Labute approximate surface area is 105 Å². The smallest absolute Gasteiger partial charge is 0.253 e. The minimum absolute atomic E-state index is 0.101. The van der Waals surface area contributed by atoms with Crippen molar-refractivity contribution in [1.82, 2.24) is 9.88 Å². The van der Waals surface area contributed by atoms with Crippen LogP contribution in [0.3, 0.4) is 0 Å². The van der Waals surface area contributed by atoms with E-state index in [-0.39, 0.29) is 17.7 Å². The van der Waals surface area contributed by atoms with E-state index >= 15 is 0 Å². The normalized spacial score (nSPS) is 18.9. The summed E-state index contributed by atoms with van der Waals surface area (Å²) in [6.45, 7) is 1.26. The Morgan fingerprint density at radius 1 is 1.50 bits per heavy atom. The second kappa shape index (κ2) is 5.14. The molecule has 0 saturated carbocycles. The van der Waals surface area contributed by atoms with Gasteiger partial charge in [-0.3, -0.25) is 14.6 Å². The van der Waals surface area contributed by atoms with Gasteiger partial charge in [0.2, 0.25) is 5.91 Å². The molecule has 0 aliphatic carbocycles. The molecule has 6 heteroatoms. The molecule has 2 heterocycles. The first kappa shape index (κ1) is 12.5. The third-order valence-electron chi connectivity index (χ3n) is 3.15. The lowest BCUT2D eigenvalue weighted by atomic mass is 10.1. The SMILES string of the molecule is NCc1cc(C(=O)N2CCC(C(N)=O)C2)ccn1. The minimum atomic E-state index is -0.345. The van der Waals surface area contributed by atoms with Gasteiger partial charge >= 0.3 is 0 Å². The molecule has 1 aromatic heterocycles. The van der Waals surface area contributed by atoms with Crippen LogP contribution in [-0.2, 0) is 11.3 Å². The van der Waals surface area contributed by atoms with Crippen molar-refractivity contribution in [2.75, 3.05) is 13.1 Å². The van der Waals surface area contributed by atoms with Gasteiger partial charge in [0.05, 0.1) is 11.6 Å². The Morgan fingerprint density at radius 3 is 2.89 bits per heavy atom. The van der Waals surface area contributed by atoms with Gasteiger partial charge in [0.1, 0.15) is 0 Å². The van der Waals surface area contributed by atoms with Gasteiger partial charge < -0.3 is 16.4 Å². The van der Waals surface area contributed by atoms with E-state index in [1.54, 1.807) is 23.2 Å². The van der Waals surface area contributed by atoms with E-state index < -0.39 is 0 Å². The van der Waals surface area contributed by atoms with Crippen molar-refractivity contribution >= 4 is 11.8 Å². The lowest BCUT2D eigenvalue weighted by Gasteiger charge is -2.16. The summed E-state index contributed by atoms with van der Waals surface area (Å²) in [5.74, 6) is -0.678. The number of primary amides is 1. The van der Waals surface area contributed by atoms with Gasteiger partial charge in [-0.25, -0.2) is 0 Å². The zero-order valence-corrected chi connectivity index (χ0v) is 10.0. The summed E-state index contributed by atoms with van der Waals surface area (Å²) in [4.78, 5) is 28.9. The Kier molecular flexibility index (Phi) is 3.57. The van der Waals surface area contributed by atoms with Crippen LogP contribution in [-0.4, -0.2) is 34.8 Å². The summed E-state index contributed by atoms with van der Waals surface area (Å²) in [7, 11) is 0. The quantitative estimate of drug-likeness (QED) is 0.751. The Hall–Kier alpha value is -1.95. The van der Waals surface area contributed by atoms with Crippen molar-refractivity contribution in [1.29, 1.82) is 0 Å². The first-order valence-electron chi connectivity index (χ1n) is 5.85. The van der Waals surface area contributed by atoms with Crippen LogP contribution in [0, 0.1) is 5.92 Å². The zero-order valence-electron chi connectivity index (χ0n) is 10.0. The average Bonchev–Trinajstić information content (AvgIpc) is 2.87. The van der Waals surface area contributed by atoms with Gasteiger partial charge in [-0.15, -0.1) is 0 Å². The number of pyridine rings is 1. The molecule has 1 saturated heterocycles. The highest BCUT2D eigenvalue weighted by atomic mass is 16.2. The summed E-state index contributed by atoms with van der Waals surface area (Å²) in [6, 6.07) is 3.33. The molecule has 0 radical (unpaired) electrons. The summed E-state index contributed by atoms with van der Waals surface area (Å²) in [5.41, 5.74) is 12.0. The number of hydrogen-bond acceptors (Lipinski definition) is 4. The third-order valence-corrected chi connectivity index (χ3v) is 3.15. The monoisotopic (exact) mass is 248 g/mol. The number of hydrogen-bond donors (Lipinski definition) is 2. The fourth-order valence-electron chi connectivity index (χ4n) is 2.08. The first-order chi connectivity index (χ1) is 8.61. The van der Waals surface area contributed by atoms with Crippen molar-refractivity contribution in [2.45, 2.75) is 13.0 Å². The van der Waals surface area contributed by atoms with E-state index in [4.69, 9.17) is 11.5 Å². The highest BCUT2D eigenvalue weighted by Crippen LogP contribution is 2.18. The molecule has 0 spiro atoms. The number of rotatable bonds is 3. The fourth-order valence-corrected chi connectivity index (χ4v) is 2.08. The standard InChI is InChI=1S/C12H16N4O2/c13-6-10-5-8(1-3-15-10)12(18)16-4-2-9(7-16)11(14)17/h1,3,5,9H,2,4,6-7,13H2,(H2,14,17). The number of carbonyl (C=O) groups excluding carboxylic acids is 2. The Balaban J connectivity index is 2.10. The van der Waals surface area contributed by atoms with Crippen LogP contribution in [0.1, 0.15) is 22.5 Å². The average molecular weight is 248 g/mol. The molecule has 4 N–H and O–H groups in total. The number of likely N-dealkylation sites (tertiary alicyclic amines) is 1. The third kappa shape index (κ3) is 2.48. The van der Waals surface area contributed by atoms with Crippen molar-refractivity contribution < 1.29 is 9.59 Å². The largest absolute Gasteiger partial charge is 0.369 e. The number of aromatic nitrogens is 1. The summed E-state index contributed by atoms with van der Waals surface area (Å²) in [6.07, 6.45) is 2.20. The van der Waals surface area contributed by atoms with Crippen LogP contribution in [0.4, 0.5) is 0 Å². The van der Waals surface area contributed by atoms with E-state index in [1.165, 1.54) is 0 Å². The molecule has 6 nitrogen and oxygen atoms in total. The van der Waals surface area contributed by atoms with Crippen LogP contribution in [0.5, 0.6) is 0 Å². The van der Waals surface area contributed by atoms with E-state index in [2.05, 4.69) is 4.98 Å². The first-order valence-corrected chi connectivity index (χ1v) is 5.85. The van der Waals surface area contributed by atoms with E-state index in [0.717, 1.165) is 0 Å². The maximum atomic E-state index is 12.2. The fraction of sp³-hybridized carbons (Fsp3) is 0.417. The molecule has 0 aromatic carbocycles. The molecule has 18 heavy (non-hydrogen) atoms. The topological polar surface area (TPSA) is 102 Å². The number of carbonyl (C=O) groups is 2. The van der Waals surface area contributed by atoms with Crippen molar-refractivity contribution in [2.24, 2.45) is 17.4 Å².